The second kappa shape index (κ2) is 11.1. The Morgan fingerprint density at radius 1 is 0.889 bits per heavy atom. The molecule has 1 nitrogen and oxygen atoms in total. The summed E-state index contributed by atoms with van der Waals surface area (Å²) in [6, 6.07) is 29.0. The zero-order chi connectivity index (χ0) is 25.9. The van der Waals surface area contributed by atoms with Gasteiger partial charge in [-0.2, -0.15) is 0 Å². The molecular formula is C32H42FOSi2. The zero-order valence-electron chi connectivity index (χ0n) is 23.0. The highest BCUT2D eigenvalue weighted by Gasteiger charge is 2.55. The van der Waals surface area contributed by atoms with E-state index < -0.39 is 16.4 Å². The van der Waals surface area contributed by atoms with Gasteiger partial charge >= 0.3 is 0 Å². The predicted octanol–water partition coefficient (Wildman–Crippen LogP) is 9.54. The second-order valence-electron chi connectivity index (χ2n) is 11.0. The molecule has 36 heavy (non-hydrogen) atoms. The van der Waals surface area contributed by atoms with Gasteiger partial charge in [-0.1, -0.05) is 109 Å². The van der Waals surface area contributed by atoms with E-state index in [0.29, 0.717) is 10.7 Å². The fourth-order valence-electron chi connectivity index (χ4n) is 6.99. The molecule has 2 unspecified atom stereocenters. The van der Waals surface area contributed by atoms with Crippen LogP contribution in [0.2, 0.25) is 28.8 Å². The molecule has 2 atom stereocenters. The molecule has 0 fully saturated rings. The molecule has 0 N–H and O–H groups in total. The van der Waals surface area contributed by atoms with Gasteiger partial charge in [-0.25, -0.2) is 4.39 Å². The molecule has 0 aliphatic heterocycles. The van der Waals surface area contributed by atoms with Gasteiger partial charge in [0.2, 0.25) is 0 Å². The Labute approximate surface area is 220 Å². The number of halogens is 1. The summed E-state index contributed by atoms with van der Waals surface area (Å²) in [5.41, 5.74) is 6.37. The molecule has 1 aliphatic rings. The number of fused-ring (bicyclic) bond motifs is 3. The lowest BCUT2D eigenvalue weighted by atomic mass is 10.1. The van der Waals surface area contributed by atoms with E-state index in [4.69, 9.17) is 4.43 Å². The highest BCUT2D eigenvalue weighted by Crippen LogP contribution is 2.49. The smallest absolute Gasteiger partial charge is 0.258 e. The van der Waals surface area contributed by atoms with E-state index >= 15 is 0 Å². The number of hydrogen-bond donors (Lipinski definition) is 0. The highest BCUT2D eigenvalue weighted by molar-refractivity contribution is 6.97. The predicted molar refractivity (Wildman–Crippen MR) is 156 cm³/mol. The second-order valence-corrected chi connectivity index (χ2v) is 21.4. The van der Waals surface area contributed by atoms with Crippen molar-refractivity contribution in [3.63, 3.8) is 0 Å². The molecule has 4 heteroatoms. The fourth-order valence-corrected chi connectivity index (χ4v) is 22.3. The van der Waals surface area contributed by atoms with Crippen LogP contribution >= 0.6 is 0 Å². The molecule has 3 aromatic rings. The van der Waals surface area contributed by atoms with Gasteiger partial charge < -0.3 is 4.43 Å². The van der Waals surface area contributed by atoms with Crippen LogP contribution in [-0.4, -0.2) is 16.4 Å². The van der Waals surface area contributed by atoms with E-state index in [1.165, 1.54) is 47.3 Å². The summed E-state index contributed by atoms with van der Waals surface area (Å²) in [5.74, 6) is 0.713. The average Bonchev–Trinajstić information content (AvgIpc) is 3.24. The van der Waals surface area contributed by atoms with Crippen molar-refractivity contribution < 1.29 is 8.82 Å². The van der Waals surface area contributed by atoms with Gasteiger partial charge in [0.1, 0.15) is 11.6 Å². The van der Waals surface area contributed by atoms with Gasteiger partial charge in [0.05, 0.1) is 8.07 Å². The summed E-state index contributed by atoms with van der Waals surface area (Å²) < 4.78 is 21.3. The maximum Gasteiger partial charge on any atom is 0.258 e. The van der Waals surface area contributed by atoms with E-state index in [0.717, 1.165) is 29.3 Å². The normalized spacial score (nSPS) is 15.3. The lowest BCUT2D eigenvalue weighted by Gasteiger charge is -2.50. The molecule has 4 rings (SSSR count). The van der Waals surface area contributed by atoms with Crippen molar-refractivity contribution in [2.24, 2.45) is 0 Å². The number of hydrogen-bond acceptors (Lipinski definition) is 1. The molecule has 0 amide bonds. The largest absolute Gasteiger partial charge is 0.543 e. The Hall–Kier alpha value is -2.18. The van der Waals surface area contributed by atoms with Crippen LogP contribution in [0.25, 0.3) is 11.1 Å². The minimum absolute atomic E-state index is 0.280. The van der Waals surface area contributed by atoms with Gasteiger partial charge in [0, 0.05) is 12.1 Å². The molecule has 1 radical (unpaired) electrons. The van der Waals surface area contributed by atoms with Crippen LogP contribution in [0, 0.1) is 11.9 Å². The first-order chi connectivity index (χ1) is 17.3. The monoisotopic (exact) mass is 517 g/mol. The Bertz CT molecular complexity index is 1160. The van der Waals surface area contributed by atoms with Crippen LogP contribution in [0.1, 0.15) is 64.7 Å². The Morgan fingerprint density at radius 3 is 2.19 bits per heavy atom. The van der Waals surface area contributed by atoms with Crippen molar-refractivity contribution in [2.45, 2.75) is 89.3 Å². The van der Waals surface area contributed by atoms with Crippen molar-refractivity contribution in [3.05, 3.63) is 89.2 Å². The van der Waals surface area contributed by atoms with E-state index in [9.17, 15) is 4.39 Å². The van der Waals surface area contributed by atoms with Crippen LogP contribution in [0.4, 0.5) is 4.39 Å². The molecule has 0 bridgehead atoms. The fraction of sp³-hybridized carbons (Fsp3) is 0.438. The summed E-state index contributed by atoms with van der Waals surface area (Å²) in [6.45, 7) is 14.6. The topological polar surface area (TPSA) is 9.23 Å². The Morgan fingerprint density at radius 2 is 1.58 bits per heavy atom. The summed E-state index contributed by atoms with van der Waals surface area (Å²) in [6.07, 6.45) is 1.94. The third-order valence-electron chi connectivity index (χ3n) is 9.19. The third-order valence-corrected chi connectivity index (χ3v) is 23.7. The average molecular weight is 518 g/mol. The third kappa shape index (κ3) is 4.87. The summed E-state index contributed by atoms with van der Waals surface area (Å²) in [5, 5.41) is 0.674. The van der Waals surface area contributed by atoms with Crippen LogP contribution in [0.5, 0.6) is 5.75 Å². The molecule has 0 heterocycles. The van der Waals surface area contributed by atoms with Crippen LogP contribution < -0.4 is 4.43 Å². The van der Waals surface area contributed by atoms with Crippen molar-refractivity contribution in [2.75, 3.05) is 0 Å². The first kappa shape index (κ1) is 26.9. The summed E-state index contributed by atoms with van der Waals surface area (Å²) in [7, 11) is -3.87. The minimum atomic E-state index is -2.32. The number of benzene rings is 3. The zero-order valence-corrected chi connectivity index (χ0v) is 25.0. The lowest BCUT2D eigenvalue weighted by molar-refractivity contribution is 0.497. The lowest BCUT2D eigenvalue weighted by Crippen LogP contribution is -2.60. The van der Waals surface area contributed by atoms with Crippen molar-refractivity contribution >= 4 is 16.4 Å². The standard InChI is InChI=1S/C32H42FOSi2/c1-7-32(35(8-2,9-3)10-4)36(24(5)6,23-25-14-12-11-13-15-25)34-29-18-16-26-20-27-21-28(33)17-19-30(27)31(26)22-29/h11-19,22,24,32H,7-10,20,23H2,1-6H3. The van der Waals surface area contributed by atoms with Gasteiger partial charge in [0.15, 0.2) is 0 Å². The maximum absolute atomic E-state index is 13.9. The van der Waals surface area contributed by atoms with Crippen molar-refractivity contribution in [1.29, 1.82) is 0 Å². The number of rotatable bonds is 11. The summed E-state index contributed by atoms with van der Waals surface area (Å²) in [4.78, 5) is 0. The first-order valence-corrected chi connectivity index (χ1v) is 18.9. The molecule has 0 saturated heterocycles. The van der Waals surface area contributed by atoms with Crippen molar-refractivity contribution in [3.8, 4) is 16.9 Å². The SMILES string of the molecule is CCC([Si](CC)(CC)CC)[Si](Cc1ccccc1)(Oc1ccc2c(c1)-c1ccc(F)[c]c1C2)C(C)C. The minimum Gasteiger partial charge on any atom is -0.543 e. The molecule has 0 saturated carbocycles. The Kier molecular flexibility index (Phi) is 8.26. The van der Waals surface area contributed by atoms with Gasteiger partial charge in [-0.3, -0.25) is 0 Å². The van der Waals surface area contributed by atoms with Crippen molar-refractivity contribution in [1.82, 2.24) is 0 Å². The molecule has 1 aliphatic carbocycles. The van der Waals surface area contributed by atoms with Crippen LogP contribution in [-0.2, 0) is 12.5 Å². The molecule has 3 aromatic carbocycles. The Balaban J connectivity index is 1.83. The molecule has 0 spiro atoms. The molecule has 191 valence electrons. The van der Waals surface area contributed by atoms with Gasteiger partial charge in [-0.15, -0.1) is 0 Å². The van der Waals surface area contributed by atoms with Gasteiger partial charge in [-0.05, 0) is 63.1 Å². The van der Waals surface area contributed by atoms with Crippen LogP contribution in [0.15, 0.2) is 60.7 Å². The van der Waals surface area contributed by atoms with E-state index in [1.54, 1.807) is 0 Å². The van der Waals surface area contributed by atoms with Crippen LogP contribution in [0.3, 0.4) is 0 Å². The van der Waals surface area contributed by atoms with E-state index in [1.807, 2.05) is 6.07 Å². The molecular weight excluding hydrogens is 476 g/mol. The van der Waals surface area contributed by atoms with Gasteiger partial charge in [0.25, 0.3) is 8.32 Å². The maximum atomic E-state index is 13.9. The molecule has 0 aromatic heterocycles. The first-order valence-electron chi connectivity index (χ1n) is 13.9. The van der Waals surface area contributed by atoms with E-state index in [2.05, 4.69) is 96.1 Å². The summed E-state index contributed by atoms with van der Waals surface area (Å²) >= 11 is 0. The quantitative estimate of drug-likeness (QED) is 0.180. The highest BCUT2D eigenvalue weighted by atomic mass is 28.4. The van der Waals surface area contributed by atoms with E-state index in [-0.39, 0.29) is 5.82 Å².